The van der Waals surface area contributed by atoms with E-state index in [4.69, 9.17) is 29.6 Å². The molecular weight excluding hydrogens is 268 g/mol. The quantitative estimate of drug-likeness (QED) is 0.813. The van der Waals surface area contributed by atoms with Gasteiger partial charge in [-0.3, -0.25) is 9.58 Å². The monoisotopic (exact) mass is 286 g/mol. The van der Waals surface area contributed by atoms with Gasteiger partial charge in [-0.1, -0.05) is 23.8 Å². The lowest BCUT2D eigenvalue weighted by molar-refractivity contribution is 0.262. The highest BCUT2D eigenvalue weighted by molar-refractivity contribution is 7.80. The van der Waals surface area contributed by atoms with Gasteiger partial charge in [-0.05, 0) is 19.8 Å². The van der Waals surface area contributed by atoms with Gasteiger partial charge in [-0.2, -0.15) is 5.10 Å². The fraction of sp³-hybridized carbons (Fsp3) is 0.667. The molecule has 1 aromatic heterocycles. The summed E-state index contributed by atoms with van der Waals surface area (Å²) in [5, 5.41) is 5.08. The molecule has 0 unspecified atom stereocenters. The summed E-state index contributed by atoms with van der Waals surface area (Å²) in [5.41, 5.74) is 7.70. The van der Waals surface area contributed by atoms with Gasteiger partial charge in [0.2, 0.25) is 0 Å². The topological polar surface area (TPSA) is 47.1 Å². The third-order valence-corrected chi connectivity index (χ3v) is 4.02. The molecule has 0 radical (unpaired) electrons. The lowest BCUT2D eigenvalue weighted by atomic mass is 10.2. The number of hydrogen-bond donors (Lipinski definition) is 1. The molecule has 1 aliphatic rings. The van der Waals surface area contributed by atoms with Crippen LogP contribution in [0.15, 0.2) is 0 Å². The van der Waals surface area contributed by atoms with Crippen LogP contribution in [-0.4, -0.2) is 32.3 Å². The molecule has 18 heavy (non-hydrogen) atoms. The minimum absolute atomic E-state index is 0.578. The van der Waals surface area contributed by atoms with Crippen molar-refractivity contribution in [2.75, 3.05) is 6.54 Å². The maximum absolute atomic E-state index is 6.27. The zero-order valence-electron chi connectivity index (χ0n) is 10.8. The van der Waals surface area contributed by atoms with Crippen LogP contribution in [0.4, 0.5) is 0 Å². The second-order valence-corrected chi connectivity index (χ2v) is 5.78. The Balaban J connectivity index is 2.06. The molecule has 0 atom stereocenters. The molecule has 1 saturated carbocycles. The van der Waals surface area contributed by atoms with Crippen LogP contribution in [0.5, 0.6) is 0 Å². The molecule has 0 amide bonds. The fourth-order valence-electron chi connectivity index (χ4n) is 2.14. The summed E-state index contributed by atoms with van der Waals surface area (Å²) in [5.74, 6) is 0. The Hall–Kier alpha value is -0.650. The number of nitrogens with zero attached hydrogens (tertiary/aromatic N) is 3. The van der Waals surface area contributed by atoms with E-state index in [0.29, 0.717) is 11.0 Å². The van der Waals surface area contributed by atoms with E-state index in [2.05, 4.69) is 10.00 Å². The highest BCUT2D eigenvalue weighted by Crippen LogP contribution is 2.30. The molecule has 2 N–H and O–H groups in total. The average Bonchev–Trinajstić information content (AvgIpc) is 3.08. The zero-order chi connectivity index (χ0) is 13.3. The van der Waals surface area contributed by atoms with E-state index in [0.717, 1.165) is 35.9 Å². The molecule has 2 rings (SSSR count). The lowest BCUT2D eigenvalue weighted by Gasteiger charge is -2.21. The number of aryl methyl sites for hydroxylation is 2. The van der Waals surface area contributed by atoms with Crippen molar-refractivity contribution in [3.05, 3.63) is 16.4 Å². The Morgan fingerprint density at radius 1 is 1.61 bits per heavy atom. The van der Waals surface area contributed by atoms with E-state index in [-0.39, 0.29) is 0 Å². The van der Waals surface area contributed by atoms with Crippen LogP contribution < -0.4 is 5.73 Å². The van der Waals surface area contributed by atoms with Crippen molar-refractivity contribution in [1.29, 1.82) is 0 Å². The minimum Gasteiger partial charge on any atom is -0.393 e. The van der Waals surface area contributed by atoms with Crippen molar-refractivity contribution in [2.45, 2.75) is 38.8 Å². The number of halogens is 1. The summed E-state index contributed by atoms with van der Waals surface area (Å²) in [4.78, 5) is 2.99. The van der Waals surface area contributed by atoms with Crippen molar-refractivity contribution in [1.82, 2.24) is 14.7 Å². The molecule has 100 valence electrons. The van der Waals surface area contributed by atoms with Crippen LogP contribution >= 0.6 is 23.8 Å². The van der Waals surface area contributed by atoms with Crippen molar-refractivity contribution in [3.8, 4) is 0 Å². The van der Waals surface area contributed by atoms with Gasteiger partial charge in [0.25, 0.3) is 0 Å². The molecule has 0 aromatic carbocycles. The van der Waals surface area contributed by atoms with Crippen molar-refractivity contribution in [3.63, 3.8) is 0 Å². The summed E-state index contributed by atoms with van der Waals surface area (Å²) in [6, 6.07) is 0.662. The van der Waals surface area contributed by atoms with Gasteiger partial charge in [-0.15, -0.1) is 0 Å². The molecule has 0 saturated heterocycles. The molecular formula is C12H19ClN4S. The predicted octanol–water partition coefficient (Wildman–Crippen LogP) is 2.02. The summed E-state index contributed by atoms with van der Waals surface area (Å²) in [6.45, 7) is 3.75. The predicted molar refractivity (Wildman–Crippen MR) is 77.8 cm³/mol. The Morgan fingerprint density at radius 3 is 2.72 bits per heavy atom. The van der Waals surface area contributed by atoms with Crippen LogP contribution in [0.2, 0.25) is 5.15 Å². The largest absolute Gasteiger partial charge is 0.393 e. The van der Waals surface area contributed by atoms with Gasteiger partial charge < -0.3 is 5.73 Å². The van der Waals surface area contributed by atoms with Crippen molar-refractivity contribution in [2.24, 2.45) is 12.8 Å². The number of hydrogen-bond acceptors (Lipinski definition) is 3. The van der Waals surface area contributed by atoms with E-state index in [1.807, 2.05) is 14.0 Å². The number of thiocarbonyl (C=S) groups is 1. The molecule has 1 fully saturated rings. The molecule has 0 bridgehead atoms. The first-order valence-corrected chi connectivity index (χ1v) is 6.98. The van der Waals surface area contributed by atoms with E-state index in [1.165, 1.54) is 12.8 Å². The standard InChI is InChI=1S/C12H19ClN4S/c1-8-10(12(13)16(2)15-8)7-17(9-3-4-9)6-5-11(14)18/h9H,3-7H2,1-2H3,(H2,14,18). The second-order valence-electron chi connectivity index (χ2n) is 4.90. The summed E-state index contributed by atoms with van der Waals surface area (Å²) in [6.07, 6.45) is 3.28. The van der Waals surface area contributed by atoms with E-state index in [9.17, 15) is 0 Å². The summed E-state index contributed by atoms with van der Waals surface area (Å²) >= 11 is 11.2. The van der Waals surface area contributed by atoms with Crippen LogP contribution in [-0.2, 0) is 13.6 Å². The van der Waals surface area contributed by atoms with Crippen LogP contribution in [0, 0.1) is 6.92 Å². The first-order valence-electron chi connectivity index (χ1n) is 6.19. The first kappa shape index (κ1) is 13.8. The van der Waals surface area contributed by atoms with Crippen LogP contribution in [0.3, 0.4) is 0 Å². The molecule has 1 aromatic rings. The SMILES string of the molecule is Cc1nn(C)c(Cl)c1CN(CCC(N)=S)C1CC1. The van der Waals surface area contributed by atoms with Gasteiger partial charge in [-0.25, -0.2) is 0 Å². The average molecular weight is 287 g/mol. The summed E-state index contributed by atoms with van der Waals surface area (Å²) in [7, 11) is 1.87. The maximum atomic E-state index is 6.27. The van der Waals surface area contributed by atoms with Crippen molar-refractivity contribution < 1.29 is 0 Å². The molecule has 0 spiro atoms. The second kappa shape index (κ2) is 5.55. The van der Waals surface area contributed by atoms with Gasteiger partial charge in [0, 0.05) is 38.2 Å². The highest BCUT2D eigenvalue weighted by atomic mass is 35.5. The minimum atomic E-state index is 0.578. The third kappa shape index (κ3) is 3.22. The van der Waals surface area contributed by atoms with E-state index >= 15 is 0 Å². The van der Waals surface area contributed by atoms with Gasteiger partial charge in [0.15, 0.2) is 0 Å². The third-order valence-electron chi connectivity index (χ3n) is 3.34. The lowest BCUT2D eigenvalue weighted by Crippen LogP contribution is -2.29. The molecule has 1 aliphatic carbocycles. The number of aromatic nitrogens is 2. The van der Waals surface area contributed by atoms with E-state index in [1.54, 1.807) is 4.68 Å². The molecule has 0 aliphatic heterocycles. The Kier molecular flexibility index (Phi) is 4.25. The Bertz CT molecular complexity index is 453. The van der Waals surface area contributed by atoms with Gasteiger partial charge in [0.05, 0.1) is 10.7 Å². The highest BCUT2D eigenvalue weighted by Gasteiger charge is 2.30. The molecule has 4 nitrogen and oxygen atoms in total. The van der Waals surface area contributed by atoms with Crippen LogP contribution in [0.1, 0.15) is 30.5 Å². The first-order chi connectivity index (χ1) is 8.49. The fourth-order valence-corrected chi connectivity index (χ4v) is 2.47. The Morgan fingerprint density at radius 2 is 2.28 bits per heavy atom. The summed E-state index contributed by atoms with van der Waals surface area (Å²) < 4.78 is 1.73. The molecule has 6 heteroatoms. The van der Waals surface area contributed by atoms with Crippen molar-refractivity contribution >= 4 is 28.8 Å². The normalized spacial score (nSPS) is 15.3. The maximum Gasteiger partial charge on any atom is 0.131 e. The Labute approximate surface area is 118 Å². The van der Waals surface area contributed by atoms with Gasteiger partial charge >= 0.3 is 0 Å². The van der Waals surface area contributed by atoms with Crippen LogP contribution in [0.25, 0.3) is 0 Å². The van der Waals surface area contributed by atoms with Gasteiger partial charge in [0.1, 0.15) is 5.15 Å². The smallest absolute Gasteiger partial charge is 0.131 e. The number of nitrogens with two attached hydrogens (primary N) is 1. The van der Waals surface area contributed by atoms with E-state index < -0.39 is 0 Å². The molecule has 1 heterocycles. The number of rotatable bonds is 6. The zero-order valence-corrected chi connectivity index (χ0v) is 12.4.